The fourth-order valence-electron chi connectivity index (χ4n) is 1.55. The highest BCUT2D eigenvalue weighted by Crippen LogP contribution is 2.21. The largest absolute Gasteiger partial charge is 0.311 e. The van der Waals surface area contributed by atoms with Crippen molar-refractivity contribution in [3.05, 3.63) is 35.5 Å². The Bertz CT molecular complexity index is 456. The van der Waals surface area contributed by atoms with Crippen molar-refractivity contribution in [1.82, 2.24) is 15.3 Å². The van der Waals surface area contributed by atoms with E-state index in [1.54, 1.807) is 17.5 Å². The third-order valence-electron chi connectivity index (χ3n) is 2.44. The van der Waals surface area contributed by atoms with Crippen molar-refractivity contribution in [2.45, 2.75) is 13.0 Å². The average Bonchev–Trinajstić information content (AvgIpc) is 2.88. The molecule has 0 saturated heterocycles. The number of aromatic nitrogens is 2. The van der Waals surface area contributed by atoms with Crippen LogP contribution in [0.1, 0.15) is 12.1 Å². The fourth-order valence-corrected chi connectivity index (χ4v) is 2.78. The molecule has 2 aromatic heterocycles. The van der Waals surface area contributed by atoms with E-state index < -0.39 is 0 Å². The number of nitrogens with zero attached hydrogens (tertiary/aromatic N) is 2. The van der Waals surface area contributed by atoms with E-state index in [9.17, 15) is 0 Å². The van der Waals surface area contributed by atoms with Crippen molar-refractivity contribution < 1.29 is 0 Å². The summed E-state index contributed by atoms with van der Waals surface area (Å²) >= 11 is 3.54. The third kappa shape index (κ3) is 4.08. The van der Waals surface area contributed by atoms with Crippen molar-refractivity contribution in [3.8, 4) is 10.7 Å². The summed E-state index contributed by atoms with van der Waals surface area (Å²) in [5.74, 6) is 1.21. The van der Waals surface area contributed by atoms with Gasteiger partial charge in [0.25, 0.3) is 0 Å². The van der Waals surface area contributed by atoms with Gasteiger partial charge in [-0.05, 0) is 37.1 Å². The molecule has 0 aliphatic rings. The highest BCUT2D eigenvalue weighted by molar-refractivity contribution is 7.98. The van der Waals surface area contributed by atoms with Crippen LogP contribution in [-0.4, -0.2) is 28.5 Å². The van der Waals surface area contributed by atoms with Crippen LogP contribution < -0.4 is 5.32 Å². The summed E-state index contributed by atoms with van der Waals surface area (Å²) in [7, 11) is 0. The van der Waals surface area contributed by atoms with Crippen molar-refractivity contribution in [2.75, 3.05) is 18.6 Å². The quantitative estimate of drug-likeness (QED) is 0.791. The minimum Gasteiger partial charge on any atom is -0.311 e. The van der Waals surface area contributed by atoms with Gasteiger partial charge < -0.3 is 5.32 Å². The molecule has 3 nitrogen and oxygen atoms in total. The van der Waals surface area contributed by atoms with Crippen LogP contribution in [0.5, 0.6) is 0 Å². The van der Waals surface area contributed by atoms with Crippen molar-refractivity contribution in [3.63, 3.8) is 0 Å². The topological polar surface area (TPSA) is 37.8 Å². The summed E-state index contributed by atoms with van der Waals surface area (Å²) in [5.41, 5.74) is 2.06. The van der Waals surface area contributed by atoms with E-state index in [1.807, 2.05) is 30.0 Å². The molecular formula is C13H17N3S2. The summed E-state index contributed by atoms with van der Waals surface area (Å²) in [6, 6.07) is 5.91. The normalized spacial score (nSPS) is 10.7. The number of nitrogens with one attached hydrogen (secondary N) is 1. The summed E-state index contributed by atoms with van der Waals surface area (Å²) < 4.78 is 0. The molecule has 0 aliphatic heterocycles. The second kappa shape index (κ2) is 7.51. The maximum atomic E-state index is 4.59. The van der Waals surface area contributed by atoms with Crippen LogP contribution in [-0.2, 0) is 6.54 Å². The molecule has 0 aliphatic carbocycles. The van der Waals surface area contributed by atoms with Gasteiger partial charge in [-0.1, -0.05) is 6.07 Å². The fraction of sp³-hybridized carbons (Fsp3) is 0.385. The highest BCUT2D eigenvalue weighted by atomic mass is 32.2. The molecule has 0 unspecified atom stereocenters. The molecule has 1 N–H and O–H groups in total. The predicted octanol–water partition coefficient (Wildman–Crippen LogP) is 3.05. The molecule has 18 heavy (non-hydrogen) atoms. The van der Waals surface area contributed by atoms with Gasteiger partial charge in [-0.3, -0.25) is 4.98 Å². The zero-order chi connectivity index (χ0) is 12.6. The first-order chi connectivity index (χ1) is 8.90. The second-order valence-corrected chi connectivity index (χ2v) is 5.73. The molecule has 5 heteroatoms. The molecule has 0 fully saturated rings. The first-order valence-corrected chi connectivity index (χ1v) is 8.23. The highest BCUT2D eigenvalue weighted by Gasteiger charge is 2.04. The Morgan fingerprint density at radius 2 is 2.33 bits per heavy atom. The molecule has 0 saturated carbocycles. The molecule has 0 radical (unpaired) electrons. The standard InChI is InChI=1S/C13H17N3S2/c1-17-8-4-6-14-9-11-10-18-13(16-11)12-5-2-3-7-15-12/h2-3,5,7,10,14H,4,6,8-9H2,1H3. The third-order valence-corrected chi connectivity index (χ3v) is 4.05. The van der Waals surface area contributed by atoms with Crippen molar-refractivity contribution in [1.29, 1.82) is 0 Å². The van der Waals surface area contributed by atoms with E-state index in [0.29, 0.717) is 0 Å². The SMILES string of the molecule is CSCCCNCc1csc(-c2ccccn2)n1. The van der Waals surface area contributed by atoms with Crippen LogP contribution in [0.3, 0.4) is 0 Å². The smallest absolute Gasteiger partial charge is 0.142 e. The van der Waals surface area contributed by atoms with Gasteiger partial charge in [0.05, 0.1) is 11.4 Å². The van der Waals surface area contributed by atoms with Crippen LogP contribution in [0.2, 0.25) is 0 Å². The van der Waals surface area contributed by atoms with E-state index >= 15 is 0 Å². The number of pyridine rings is 1. The molecule has 0 aromatic carbocycles. The molecule has 0 amide bonds. The van der Waals surface area contributed by atoms with E-state index in [0.717, 1.165) is 29.5 Å². The van der Waals surface area contributed by atoms with Gasteiger partial charge in [-0.25, -0.2) is 4.98 Å². The van der Waals surface area contributed by atoms with Gasteiger partial charge in [0, 0.05) is 18.1 Å². The van der Waals surface area contributed by atoms with E-state index in [2.05, 4.69) is 26.9 Å². The maximum absolute atomic E-state index is 4.59. The minimum absolute atomic E-state index is 0.845. The Morgan fingerprint density at radius 3 is 3.11 bits per heavy atom. The molecule has 0 spiro atoms. The average molecular weight is 279 g/mol. The van der Waals surface area contributed by atoms with Crippen LogP contribution in [0.15, 0.2) is 29.8 Å². The Balaban J connectivity index is 1.83. The van der Waals surface area contributed by atoms with Crippen LogP contribution >= 0.6 is 23.1 Å². The molecule has 2 rings (SSSR count). The second-order valence-electron chi connectivity index (χ2n) is 3.88. The predicted molar refractivity (Wildman–Crippen MR) is 80.1 cm³/mol. The zero-order valence-corrected chi connectivity index (χ0v) is 12.1. The molecule has 0 atom stereocenters. The van der Waals surface area contributed by atoms with E-state index in [4.69, 9.17) is 0 Å². The van der Waals surface area contributed by atoms with Gasteiger partial charge in [0.2, 0.25) is 0 Å². The van der Waals surface area contributed by atoms with Gasteiger partial charge >= 0.3 is 0 Å². The number of thioether (sulfide) groups is 1. The van der Waals surface area contributed by atoms with Gasteiger partial charge in [-0.2, -0.15) is 11.8 Å². The summed E-state index contributed by atoms with van der Waals surface area (Å²) in [5, 5.41) is 6.51. The molecule has 0 bridgehead atoms. The number of hydrogen-bond donors (Lipinski definition) is 1. The summed E-state index contributed by atoms with van der Waals surface area (Å²) in [4.78, 5) is 8.89. The molecular weight excluding hydrogens is 262 g/mol. The summed E-state index contributed by atoms with van der Waals surface area (Å²) in [6.07, 6.45) is 5.15. The molecule has 2 heterocycles. The Kier molecular flexibility index (Phi) is 5.64. The minimum atomic E-state index is 0.845. The summed E-state index contributed by atoms with van der Waals surface area (Å²) in [6.45, 7) is 1.90. The van der Waals surface area contributed by atoms with E-state index in [1.165, 1.54) is 12.2 Å². The van der Waals surface area contributed by atoms with Crippen LogP contribution in [0.25, 0.3) is 10.7 Å². The molecule has 2 aromatic rings. The van der Waals surface area contributed by atoms with Crippen molar-refractivity contribution >= 4 is 23.1 Å². The van der Waals surface area contributed by atoms with Gasteiger partial charge in [-0.15, -0.1) is 11.3 Å². The lowest BCUT2D eigenvalue weighted by Crippen LogP contribution is -2.15. The Morgan fingerprint density at radius 1 is 1.39 bits per heavy atom. The first-order valence-electron chi connectivity index (χ1n) is 5.95. The lowest BCUT2D eigenvalue weighted by atomic mass is 10.3. The van der Waals surface area contributed by atoms with Gasteiger partial charge in [0.15, 0.2) is 0 Å². The van der Waals surface area contributed by atoms with Crippen LogP contribution in [0, 0.1) is 0 Å². The Labute approximate surface area is 116 Å². The number of hydrogen-bond acceptors (Lipinski definition) is 5. The number of rotatable bonds is 7. The van der Waals surface area contributed by atoms with Gasteiger partial charge in [0.1, 0.15) is 5.01 Å². The molecule has 96 valence electrons. The van der Waals surface area contributed by atoms with Crippen molar-refractivity contribution in [2.24, 2.45) is 0 Å². The maximum Gasteiger partial charge on any atom is 0.142 e. The lowest BCUT2D eigenvalue weighted by molar-refractivity contribution is 0.670. The monoisotopic (exact) mass is 279 g/mol. The zero-order valence-electron chi connectivity index (χ0n) is 10.4. The lowest BCUT2D eigenvalue weighted by Gasteiger charge is -2.00. The van der Waals surface area contributed by atoms with E-state index in [-0.39, 0.29) is 0 Å². The number of thiazole rings is 1. The first kappa shape index (κ1) is 13.5. The Hall–Kier alpha value is -0.910. The van der Waals surface area contributed by atoms with Crippen LogP contribution in [0.4, 0.5) is 0 Å².